The number of ether oxygens (including phenoxy) is 1. The van der Waals surface area contributed by atoms with Crippen molar-refractivity contribution in [1.29, 1.82) is 0 Å². The van der Waals surface area contributed by atoms with Gasteiger partial charge in [-0.3, -0.25) is 5.43 Å². The van der Waals surface area contributed by atoms with E-state index in [1.165, 1.54) is 18.3 Å². The van der Waals surface area contributed by atoms with Crippen LogP contribution in [0.5, 0.6) is 11.5 Å². The Bertz CT molecular complexity index is 919. The monoisotopic (exact) mass is 505 g/mol. The topological polar surface area (TPSA) is 103 Å². The van der Waals surface area contributed by atoms with Gasteiger partial charge in [-0.1, -0.05) is 18.2 Å². The number of nitrogens with zero attached hydrogens (tertiary/aromatic N) is 1. The molecule has 0 bridgehead atoms. The van der Waals surface area contributed by atoms with Crippen LogP contribution in [0.15, 0.2) is 52.5 Å². The van der Waals surface area contributed by atoms with Crippen LogP contribution in [0, 0.1) is 3.57 Å². The zero-order valence-electron chi connectivity index (χ0n) is 13.7. The van der Waals surface area contributed by atoms with Crippen LogP contribution >= 0.6 is 34.8 Å². The molecule has 0 saturated heterocycles. The van der Waals surface area contributed by atoms with E-state index >= 15 is 0 Å². The van der Waals surface area contributed by atoms with E-state index in [4.69, 9.17) is 14.7 Å². The van der Waals surface area contributed by atoms with E-state index in [-0.39, 0.29) is 21.5 Å². The van der Waals surface area contributed by atoms with Crippen LogP contribution in [-0.2, 0) is 10.1 Å². The van der Waals surface area contributed by atoms with Gasteiger partial charge in [0.05, 0.1) is 16.4 Å². The summed E-state index contributed by atoms with van der Waals surface area (Å²) in [5.41, 5.74) is 8.41. The summed E-state index contributed by atoms with van der Waals surface area (Å²) < 4.78 is 36.4. The average Bonchev–Trinajstić information content (AvgIpc) is 2.59. The molecule has 0 aliphatic rings. The molecule has 0 aliphatic carbocycles. The molecule has 0 unspecified atom stereocenters. The lowest BCUT2D eigenvalue weighted by atomic mass is 10.2. The third-order valence-electron chi connectivity index (χ3n) is 2.94. The molecule has 0 amide bonds. The molecular weight excluding hydrogens is 489 g/mol. The van der Waals surface area contributed by atoms with Crippen molar-refractivity contribution in [2.24, 2.45) is 10.8 Å². The summed E-state index contributed by atoms with van der Waals surface area (Å²) in [5, 5.41) is 3.91. The van der Waals surface area contributed by atoms with Crippen molar-refractivity contribution < 1.29 is 17.3 Å². The van der Waals surface area contributed by atoms with Gasteiger partial charge in [0, 0.05) is 0 Å². The fourth-order valence-corrected chi connectivity index (χ4v) is 3.84. The van der Waals surface area contributed by atoms with Crippen LogP contribution in [0.3, 0.4) is 0 Å². The van der Waals surface area contributed by atoms with Crippen molar-refractivity contribution in [1.82, 2.24) is 5.43 Å². The number of rotatable bonds is 7. The lowest BCUT2D eigenvalue weighted by molar-refractivity contribution is 0.327. The van der Waals surface area contributed by atoms with E-state index in [1.54, 1.807) is 37.3 Å². The van der Waals surface area contributed by atoms with Crippen molar-refractivity contribution in [3.8, 4) is 11.5 Å². The molecule has 7 nitrogen and oxygen atoms in total. The molecule has 2 aromatic carbocycles. The minimum absolute atomic E-state index is 0.0369. The quantitative estimate of drug-likeness (QED) is 0.196. The van der Waals surface area contributed by atoms with Gasteiger partial charge < -0.3 is 14.7 Å². The Morgan fingerprint density at radius 2 is 2.04 bits per heavy atom. The summed E-state index contributed by atoms with van der Waals surface area (Å²) >= 11 is 6.64. The Balaban J connectivity index is 2.38. The van der Waals surface area contributed by atoms with Crippen molar-refractivity contribution >= 4 is 56.3 Å². The molecule has 138 valence electrons. The molecule has 2 rings (SSSR count). The second-order valence-electron chi connectivity index (χ2n) is 4.85. The molecule has 0 heterocycles. The van der Waals surface area contributed by atoms with Crippen molar-refractivity contribution in [2.75, 3.05) is 6.61 Å². The van der Waals surface area contributed by atoms with Gasteiger partial charge in [-0.15, -0.1) is 0 Å². The van der Waals surface area contributed by atoms with Gasteiger partial charge in [0.15, 0.2) is 16.6 Å². The van der Waals surface area contributed by atoms with Crippen molar-refractivity contribution in [2.45, 2.75) is 11.8 Å². The Morgan fingerprint density at radius 3 is 2.65 bits per heavy atom. The Morgan fingerprint density at radius 1 is 1.35 bits per heavy atom. The highest BCUT2D eigenvalue weighted by Gasteiger charge is 2.21. The smallest absolute Gasteiger partial charge is 0.339 e. The molecule has 0 aromatic heterocycles. The highest BCUT2D eigenvalue weighted by molar-refractivity contribution is 14.1. The van der Waals surface area contributed by atoms with Crippen LogP contribution in [0.4, 0.5) is 0 Å². The van der Waals surface area contributed by atoms with Gasteiger partial charge in [0.25, 0.3) is 0 Å². The molecule has 3 N–H and O–H groups in total. The second kappa shape index (κ2) is 9.14. The van der Waals surface area contributed by atoms with Gasteiger partial charge in [-0.2, -0.15) is 13.5 Å². The molecule has 0 atom stereocenters. The summed E-state index contributed by atoms with van der Waals surface area (Å²) in [6, 6.07) is 11.2. The van der Waals surface area contributed by atoms with E-state index < -0.39 is 10.1 Å². The van der Waals surface area contributed by atoms with Gasteiger partial charge >= 0.3 is 10.1 Å². The molecule has 0 saturated carbocycles. The Labute approximate surface area is 170 Å². The molecule has 2 aromatic rings. The summed E-state index contributed by atoms with van der Waals surface area (Å²) in [4.78, 5) is 0.0598. The number of hydrazone groups is 1. The predicted molar refractivity (Wildman–Crippen MR) is 112 cm³/mol. The molecule has 0 aliphatic heterocycles. The fraction of sp³-hybridized carbons (Fsp3) is 0.125. The van der Waals surface area contributed by atoms with Gasteiger partial charge in [-0.25, -0.2) is 0 Å². The summed E-state index contributed by atoms with van der Waals surface area (Å²) in [6.45, 7) is 2.13. The van der Waals surface area contributed by atoms with Crippen LogP contribution < -0.4 is 20.1 Å². The second-order valence-corrected chi connectivity index (χ2v) is 8.00. The number of nitrogens with two attached hydrogens (primary N) is 1. The van der Waals surface area contributed by atoms with Crippen LogP contribution in [-0.4, -0.2) is 26.4 Å². The van der Waals surface area contributed by atoms with Crippen LogP contribution in [0.25, 0.3) is 0 Å². The van der Waals surface area contributed by atoms with E-state index in [2.05, 4.69) is 22.7 Å². The first-order valence-corrected chi connectivity index (χ1v) is 10.3. The molecule has 0 fully saturated rings. The third kappa shape index (κ3) is 5.54. The number of benzene rings is 2. The first-order chi connectivity index (χ1) is 12.3. The predicted octanol–water partition coefficient (Wildman–Crippen LogP) is 2.62. The van der Waals surface area contributed by atoms with Crippen molar-refractivity contribution in [3.05, 3.63) is 51.6 Å². The summed E-state index contributed by atoms with van der Waals surface area (Å²) in [7, 11) is -3.98. The van der Waals surface area contributed by atoms with Gasteiger partial charge in [0.1, 0.15) is 4.90 Å². The van der Waals surface area contributed by atoms with E-state index in [1.807, 2.05) is 22.6 Å². The Hall–Kier alpha value is -1.92. The highest BCUT2D eigenvalue weighted by Crippen LogP contribution is 2.36. The van der Waals surface area contributed by atoms with Crippen LogP contribution in [0.2, 0.25) is 0 Å². The number of hydrogen-bond donors (Lipinski definition) is 2. The highest BCUT2D eigenvalue weighted by atomic mass is 127. The van der Waals surface area contributed by atoms with Gasteiger partial charge in [0.2, 0.25) is 0 Å². The van der Waals surface area contributed by atoms with E-state index in [0.717, 1.165) is 0 Å². The zero-order chi connectivity index (χ0) is 19.2. The lowest BCUT2D eigenvalue weighted by Crippen LogP contribution is -2.24. The lowest BCUT2D eigenvalue weighted by Gasteiger charge is -2.14. The first kappa shape index (κ1) is 20.4. The number of halogens is 1. The maximum atomic E-state index is 12.5. The molecule has 0 spiro atoms. The number of thiocarbonyl (C=S) groups is 1. The largest absolute Gasteiger partial charge is 0.490 e. The minimum Gasteiger partial charge on any atom is -0.490 e. The first-order valence-electron chi connectivity index (χ1n) is 7.38. The average molecular weight is 505 g/mol. The molecular formula is C16H16IN3O4S2. The zero-order valence-corrected chi connectivity index (χ0v) is 17.5. The van der Waals surface area contributed by atoms with Crippen LogP contribution in [0.1, 0.15) is 12.5 Å². The molecule has 10 heteroatoms. The summed E-state index contributed by atoms with van der Waals surface area (Å²) in [6.07, 6.45) is 1.49. The maximum Gasteiger partial charge on any atom is 0.339 e. The van der Waals surface area contributed by atoms with E-state index in [0.29, 0.717) is 15.7 Å². The number of nitrogens with one attached hydrogen (secondary N) is 1. The normalized spacial score (nSPS) is 11.3. The molecule has 0 radical (unpaired) electrons. The van der Waals surface area contributed by atoms with Gasteiger partial charge in [-0.05, 0) is 71.6 Å². The third-order valence-corrected chi connectivity index (χ3v) is 5.07. The maximum absolute atomic E-state index is 12.5. The standard InChI is InChI=1S/C16H16IN3O4S2/c1-2-23-14-9-11(10-19-20-16(18)25)8-13(17)15(14)24-26(21,22)12-6-4-3-5-7-12/h3-10H,2H2,1H3,(H3,18,20,25)/b19-10-. The summed E-state index contributed by atoms with van der Waals surface area (Å²) in [5.74, 6) is 0.409. The van der Waals surface area contributed by atoms with Crippen molar-refractivity contribution in [3.63, 3.8) is 0 Å². The number of hydrogen-bond acceptors (Lipinski definition) is 6. The SMILES string of the molecule is CCOc1cc(/C=N\NC(N)=S)cc(I)c1OS(=O)(=O)c1ccccc1. The molecule has 26 heavy (non-hydrogen) atoms. The van der Waals surface area contributed by atoms with E-state index in [9.17, 15) is 8.42 Å². The Kier molecular flexibility index (Phi) is 7.17. The minimum atomic E-state index is -3.98. The fourth-order valence-electron chi connectivity index (χ4n) is 1.92.